The van der Waals surface area contributed by atoms with E-state index < -0.39 is 0 Å². The first-order chi connectivity index (χ1) is 11.5. The number of hydrogen-bond acceptors (Lipinski definition) is 3. The van der Waals surface area contributed by atoms with Crippen LogP contribution in [0.2, 0.25) is 10.2 Å². The van der Waals surface area contributed by atoms with Crippen molar-refractivity contribution in [1.82, 2.24) is 15.2 Å². The first kappa shape index (κ1) is 19.1. The molecule has 2 rings (SSSR count). The number of nitrogens with one attached hydrogen (secondary N) is 2. The number of halogens is 2. The summed E-state index contributed by atoms with van der Waals surface area (Å²) in [6.45, 7) is 5.01. The summed E-state index contributed by atoms with van der Waals surface area (Å²) in [5.74, 6) is -0.124. The van der Waals surface area contributed by atoms with E-state index in [0.29, 0.717) is 56.4 Å². The quantitative estimate of drug-likeness (QED) is 0.719. The minimum atomic E-state index is -0.139. The Labute approximate surface area is 151 Å². The number of ether oxygens (including phenoxy) is 1. The number of aromatic amines is 1. The predicted molar refractivity (Wildman–Crippen MR) is 93.6 cm³/mol. The number of nitrogens with zero attached hydrogens (tertiary/aromatic N) is 1. The van der Waals surface area contributed by atoms with Crippen LogP contribution in [-0.4, -0.2) is 54.5 Å². The largest absolute Gasteiger partial charge is 0.382 e. The lowest BCUT2D eigenvalue weighted by Gasteiger charge is -2.31. The summed E-state index contributed by atoms with van der Waals surface area (Å²) in [7, 11) is 0. The van der Waals surface area contributed by atoms with Crippen LogP contribution < -0.4 is 5.32 Å². The molecular weight excluding hydrogens is 353 g/mol. The molecule has 0 unspecified atom stereocenters. The van der Waals surface area contributed by atoms with Gasteiger partial charge in [-0.25, -0.2) is 0 Å². The molecule has 2 N–H and O–H groups in total. The van der Waals surface area contributed by atoms with Gasteiger partial charge < -0.3 is 19.9 Å². The van der Waals surface area contributed by atoms with Crippen LogP contribution in [0.25, 0.3) is 0 Å². The van der Waals surface area contributed by atoms with Gasteiger partial charge in [0.1, 0.15) is 10.8 Å². The van der Waals surface area contributed by atoms with E-state index in [4.69, 9.17) is 27.9 Å². The molecule has 8 heteroatoms. The zero-order valence-corrected chi connectivity index (χ0v) is 15.3. The minimum absolute atomic E-state index is 0.0445. The van der Waals surface area contributed by atoms with Crippen molar-refractivity contribution < 1.29 is 14.3 Å². The first-order valence-corrected chi connectivity index (χ1v) is 8.97. The molecule has 0 saturated carbocycles. The van der Waals surface area contributed by atoms with Crippen molar-refractivity contribution in [3.63, 3.8) is 0 Å². The Kier molecular flexibility index (Phi) is 7.40. The summed E-state index contributed by atoms with van der Waals surface area (Å²) in [4.78, 5) is 29.0. The Morgan fingerprint density at radius 3 is 2.67 bits per heavy atom. The third-order valence-corrected chi connectivity index (χ3v) is 4.77. The highest BCUT2D eigenvalue weighted by molar-refractivity contribution is 6.41. The number of aromatic nitrogens is 1. The van der Waals surface area contributed by atoms with Crippen LogP contribution in [0.5, 0.6) is 0 Å². The zero-order chi connectivity index (χ0) is 17.5. The maximum atomic E-state index is 12.4. The van der Waals surface area contributed by atoms with E-state index in [9.17, 15) is 9.59 Å². The summed E-state index contributed by atoms with van der Waals surface area (Å²) < 4.78 is 5.24. The van der Waals surface area contributed by atoms with E-state index in [2.05, 4.69) is 10.3 Å². The van der Waals surface area contributed by atoms with Gasteiger partial charge in [0.25, 0.3) is 5.91 Å². The van der Waals surface area contributed by atoms with E-state index >= 15 is 0 Å². The number of carbonyl (C=O) groups is 2. The maximum Gasteiger partial charge on any atom is 0.270 e. The van der Waals surface area contributed by atoms with Crippen molar-refractivity contribution in [2.75, 3.05) is 32.8 Å². The van der Waals surface area contributed by atoms with Crippen molar-refractivity contribution in [2.24, 2.45) is 5.92 Å². The second-order valence-electron chi connectivity index (χ2n) is 5.75. The molecule has 0 aliphatic carbocycles. The van der Waals surface area contributed by atoms with Crippen molar-refractivity contribution in [3.05, 3.63) is 21.9 Å². The normalized spacial score (nSPS) is 15.5. The Morgan fingerprint density at radius 2 is 2.08 bits per heavy atom. The molecule has 1 aromatic rings. The first-order valence-electron chi connectivity index (χ1n) is 8.21. The number of hydrogen-bond donors (Lipinski definition) is 2. The number of H-pyrrole nitrogens is 1. The van der Waals surface area contributed by atoms with Gasteiger partial charge in [-0.2, -0.15) is 0 Å². The maximum absolute atomic E-state index is 12.4. The van der Waals surface area contributed by atoms with Gasteiger partial charge in [0.05, 0.1) is 5.02 Å². The number of rotatable bonds is 7. The average molecular weight is 376 g/mol. The molecule has 1 saturated heterocycles. The van der Waals surface area contributed by atoms with Crippen LogP contribution in [0.1, 0.15) is 36.7 Å². The lowest BCUT2D eigenvalue weighted by atomic mass is 9.95. The summed E-state index contributed by atoms with van der Waals surface area (Å²) in [6, 6.07) is 1.53. The number of amides is 2. The van der Waals surface area contributed by atoms with E-state index in [1.165, 1.54) is 6.07 Å². The van der Waals surface area contributed by atoms with Gasteiger partial charge in [-0.15, -0.1) is 0 Å². The molecule has 1 aliphatic rings. The highest BCUT2D eigenvalue weighted by atomic mass is 35.5. The lowest BCUT2D eigenvalue weighted by molar-refractivity contribution is -0.126. The molecule has 6 nitrogen and oxygen atoms in total. The van der Waals surface area contributed by atoms with Crippen LogP contribution in [-0.2, 0) is 9.53 Å². The molecule has 0 aromatic carbocycles. The second-order valence-corrected chi connectivity index (χ2v) is 6.54. The van der Waals surface area contributed by atoms with E-state index in [1.807, 2.05) is 6.92 Å². The highest BCUT2D eigenvalue weighted by Crippen LogP contribution is 2.24. The van der Waals surface area contributed by atoms with Gasteiger partial charge in [-0.3, -0.25) is 9.59 Å². The average Bonchev–Trinajstić information content (AvgIpc) is 2.93. The predicted octanol–water partition coefficient (Wildman–Crippen LogP) is 2.72. The van der Waals surface area contributed by atoms with Crippen LogP contribution >= 0.6 is 23.2 Å². The standard InChI is InChI=1S/C16H23Cl2N3O3/c1-2-24-9-3-6-19-15(22)11-4-7-21(8-5-11)16(23)13-10-12(17)14(18)20-13/h10-11,20H,2-9H2,1H3,(H,19,22). The number of likely N-dealkylation sites (tertiary alicyclic amines) is 1. The monoisotopic (exact) mass is 375 g/mol. The zero-order valence-electron chi connectivity index (χ0n) is 13.7. The molecule has 0 bridgehead atoms. The lowest BCUT2D eigenvalue weighted by Crippen LogP contribution is -2.43. The third-order valence-electron chi connectivity index (χ3n) is 4.08. The van der Waals surface area contributed by atoms with Gasteiger partial charge >= 0.3 is 0 Å². The van der Waals surface area contributed by atoms with Crippen LogP contribution in [0, 0.1) is 5.92 Å². The van der Waals surface area contributed by atoms with Crippen molar-refractivity contribution in [3.8, 4) is 0 Å². The van der Waals surface area contributed by atoms with Crippen molar-refractivity contribution in [1.29, 1.82) is 0 Å². The summed E-state index contributed by atoms with van der Waals surface area (Å²) >= 11 is 11.7. The van der Waals surface area contributed by atoms with Crippen LogP contribution in [0.4, 0.5) is 0 Å². The summed E-state index contributed by atoms with van der Waals surface area (Å²) in [5, 5.41) is 3.53. The SMILES string of the molecule is CCOCCCNC(=O)C1CCN(C(=O)c2cc(Cl)c(Cl)[nH]2)CC1. The number of carbonyl (C=O) groups excluding carboxylic acids is 2. The third kappa shape index (κ3) is 5.13. The Morgan fingerprint density at radius 1 is 1.38 bits per heavy atom. The summed E-state index contributed by atoms with van der Waals surface area (Å²) in [6.07, 6.45) is 2.13. The molecule has 0 radical (unpaired) electrons. The molecule has 24 heavy (non-hydrogen) atoms. The fraction of sp³-hybridized carbons (Fsp3) is 0.625. The van der Waals surface area contributed by atoms with E-state index in [1.54, 1.807) is 4.90 Å². The molecule has 1 fully saturated rings. The van der Waals surface area contributed by atoms with Crippen LogP contribution in [0.3, 0.4) is 0 Å². The molecule has 0 spiro atoms. The smallest absolute Gasteiger partial charge is 0.270 e. The van der Waals surface area contributed by atoms with Crippen molar-refractivity contribution >= 4 is 35.0 Å². The molecule has 2 heterocycles. The molecule has 1 aliphatic heterocycles. The topological polar surface area (TPSA) is 74.4 Å². The molecule has 134 valence electrons. The highest BCUT2D eigenvalue weighted by Gasteiger charge is 2.28. The van der Waals surface area contributed by atoms with E-state index in [-0.39, 0.29) is 22.9 Å². The van der Waals surface area contributed by atoms with Gasteiger partial charge in [0.15, 0.2) is 0 Å². The molecule has 2 amide bonds. The fourth-order valence-corrected chi connectivity index (χ4v) is 3.02. The van der Waals surface area contributed by atoms with Gasteiger partial charge in [-0.1, -0.05) is 23.2 Å². The Hall–Kier alpha value is -1.24. The summed E-state index contributed by atoms with van der Waals surface area (Å²) in [5.41, 5.74) is 0.379. The fourth-order valence-electron chi connectivity index (χ4n) is 2.71. The van der Waals surface area contributed by atoms with Gasteiger partial charge in [-0.05, 0) is 32.3 Å². The van der Waals surface area contributed by atoms with Gasteiger partial charge in [0.2, 0.25) is 5.91 Å². The Balaban J connectivity index is 1.74. The van der Waals surface area contributed by atoms with Gasteiger partial charge in [0, 0.05) is 38.8 Å². The Bertz CT molecular complexity index is 549. The molecular formula is C16H23Cl2N3O3. The second kappa shape index (κ2) is 9.30. The number of piperidine rings is 1. The van der Waals surface area contributed by atoms with Crippen molar-refractivity contribution in [2.45, 2.75) is 26.2 Å². The molecule has 0 atom stereocenters. The van der Waals surface area contributed by atoms with E-state index in [0.717, 1.165) is 6.42 Å². The van der Waals surface area contributed by atoms with Crippen LogP contribution in [0.15, 0.2) is 6.07 Å². The molecule has 1 aromatic heterocycles. The minimum Gasteiger partial charge on any atom is -0.382 e.